The van der Waals surface area contributed by atoms with Gasteiger partial charge in [0.1, 0.15) is 11.3 Å². The Bertz CT molecular complexity index is 811. The molecule has 3 aromatic rings. The molecule has 0 fully saturated rings. The lowest BCUT2D eigenvalue weighted by Gasteiger charge is -2.21. The first-order valence-electron chi connectivity index (χ1n) is 8.77. The van der Waals surface area contributed by atoms with Crippen LogP contribution in [0.15, 0.2) is 47.0 Å². The second kappa shape index (κ2) is 8.28. The fourth-order valence-corrected chi connectivity index (χ4v) is 3.11. The maximum atomic E-state index is 6.13. The van der Waals surface area contributed by atoms with Gasteiger partial charge in [-0.2, -0.15) is 0 Å². The standard InChI is InChI=1S/C21H26N2O2/c1-16-8-9-20-19(13-16)17(2)21(25-20)15-23(11-6-12-24-3)14-18-7-4-5-10-22-18/h4-5,7-10,13H,6,11-12,14-15H2,1-3H3. The number of ether oxygens (including phenoxy) is 1. The maximum absolute atomic E-state index is 6.13. The van der Waals surface area contributed by atoms with Gasteiger partial charge in [0, 0.05) is 38.4 Å². The van der Waals surface area contributed by atoms with Crippen molar-refractivity contribution in [2.45, 2.75) is 33.4 Å². The molecular formula is C21H26N2O2. The van der Waals surface area contributed by atoms with E-state index in [4.69, 9.17) is 9.15 Å². The SMILES string of the molecule is COCCCN(Cc1ccccn1)Cc1oc2ccc(C)cc2c1C. The third-order valence-corrected chi connectivity index (χ3v) is 4.49. The summed E-state index contributed by atoms with van der Waals surface area (Å²) in [5.74, 6) is 1.04. The zero-order chi connectivity index (χ0) is 17.6. The number of aryl methyl sites for hydroxylation is 2. The lowest BCUT2D eigenvalue weighted by molar-refractivity contribution is 0.162. The van der Waals surface area contributed by atoms with Crippen molar-refractivity contribution in [3.05, 3.63) is 65.2 Å². The molecule has 2 heterocycles. The first-order chi connectivity index (χ1) is 12.2. The molecule has 0 aliphatic rings. The van der Waals surface area contributed by atoms with Crippen molar-refractivity contribution >= 4 is 11.0 Å². The zero-order valence-corrected chi connectivity index (χ0v) is 15.3. The highest BCUT2D eigenvalue weighted by Gasteiger charge is 2.15. The number of hydrogen-bond acceptors (Lipinski definition) is 4. The number of fused-ring (bicyclic) bond motifs is 1. The van der Waals surface area contributed by atoms with Gasteiger partial charge < -0.3 is 9.15 Å². The molecule has 0 saturated carbocycles. The highest BCUT2D eigenvalue weighted by molar-refractivity contribution is 5.82. The van der Waals surface area contributed by atoms with E-state index in [-0.39, 0.29) is 0 Å². The molecule has 0 aliphatic carbocycles. The number of pyridine rings is 1. The van der Waals surface area contributed by atoms with Gasteiger partial charge in [0.25, 0.3) is 0 Å². The Labute approximate surface area is 149 Å². The summed E-state index contributed by atoms with van der Waals surface area (Å²) in [6, 6.07) is 12.4. The van der Waals surface area contributed by atoms with Crippen LogP contribution in [0.3, 0.4) is 0 Å². The van der Waals surface area contributed by atoms with E-state index in [1.54, 1.807) is 7.11 Å². The third-order valence-electron chi connectivity index (χ3n) is 4.49. The highest BCUT2D eigenvalue weighted by atomic mass is 16.5. The summed E-state index contributed by atoms with van der Waals surface area (Å²) in [6.45, 7) is 7.55. The van der Waals surface area contributed by atoms with E-state index in [1.807, 2.05) is 18.3 Å². The van der Waals surface area contributed by atoms with Gasteiger partial charge in [-0.1, -0.05) is 17.7 Å². The van der Waals surface area contributed by atoms with E-state index in [2.05, 4.69) is 48.0 Å². The quantitative estimate of drug-likeness (QED) is 0.568. The molecule has 0 atom stereocenters. The Balaban J connectivity index is 1.80. The lowest BCUT2D eigenvalue weighted by Crippen LogP contribution is -2.25. The Morgan fingerprint density at radius 2 is 2.00 bits per heavy atom. The number of hydrogen-bond donors (Lipinski definition) is 0. The van der Waals surface area contributed by atoms with E-state index < -0.39 is 0 Å². The molecule has 0 radical (unpaired) electrons. The summed E-state index contributed by atoms with van der Waals surface area (Å²) in [5.41, 5.74) is 4.53. The highest BCUT2D eigenvalue weighted by Crippen LogP contribution is 2.27. The summed E-state index contributed by atoms with van der Waals surface area (Å²) in [7, 11) is 1.74. The molecule has 0 aliphatic heterocycles. The molecule has 0 saturated heterocycles. The van der Waals surface area contributed by atoms with Gasteiger partial charge in [-0.05, 0) is 50.1 Å². The average Bonchev–Trinajstić information content (AvgIpc) is 2.92. The van der Waals surface area contributed by atoms with E-state index in [9.17, 15) is 0 Å². The van der Waals surface area contributed by atoms with Crippen LogP contribution in [0.2, 0.25) is 0 Å². The molecule has 132 valence electrons. The monoisotopic (exact) mass is 338 g/mol. The first-order valence-corrected chi connectivity index (χ1v) is 8.77. The van der Waals surface area contributed by atoms with Crippen molar-refractivity contribution in [1.82, 2.24) is 9.88 Å². The Hall–Kier alpha value is -2.17. The van der Waals surface area contributed by atoms with Crippen molar-refractivity contribution in [1.29, 1.82) is 0 Å². The molecule has 4 heteroatoms. The molecule has 3 rings (SSSR count). The average molecular weight is 338 g/mol. The first kappa shape index (κ1) is 17.6. The van der Waals surface area contributed by atoms with E-state index >= 15 is 0 Å². The molecule has 1 aromatic carbocycles. The molecule has 0 N–H and O–H groups in total. The van der Waals surface area contributed by atoms with Crippen molar-refractivity contribution < 1.29 is 9.15 Å². The topological polar surface area (TPSA) is 38.5 Å². The van der Waals surface area contributed by atoms with Crippen molar-refractivity contribution in [2.75, 3.05) is 20.3 Å². The van der Waals surface area contributed by atoms with Gasteiger partial charge in [-0.15, -0.1) is 0 Å². The molecule has 25 heavy (non-hydrogen) atoms. The summed E-state index contributed by atoms with van der Waals surface area (Å²) in [6.07, 6.45) is 2.83. The summed E-state index contributed by atoms with van der Waals surface area (Å²) in [4.78, 5) is 6.84. The fraction of sp³-hybridized carbons (Fsp3) is 0.381. The molecule has 0 amide bonds. The largest absolute Gasteiger partial charge is 0.459 e. The van der Waals surface area contributed by atoms with Crippen LogP contribution in [-0.4, -0.2) is 30.1 Å². The smallest absolute Gasteiger partial charge is 0.134 e. The van der Waals surface area contributed by atoms with Crippen molar-refractivity contribution in [3.63, 3.8) is 0 Å². The van der Waals surface area contributed by atoms with Crippen LogP contribution in [0.4, 0.5) is 0 Å². The van der Waals surface area contributed by atoms with Gasteiger partial charge in [-0.3, -0.25) is 9.88 Å². The second-order valence-corrected chi connectivity index (χ2v) is 6.53. The van der Waals surface area contributed by atoms with E-state index in [1.165, 1.54) is 16.5 Å². The van der Waals surface area contributed by atoms with Crippen LogP contribution < -0.4 is 0 Å². The van der Waals surface area contributed by atoms with Crippen LogP contribution in [0.5, 0.6) is 0 Å². The second-order valence-electron chi connectivity index (χ2n) is 6.53. The van der Waals surface area contributed by atoms with Crippen LogP contribution >= 0.6 is 0 Å². The normalized spacial score (nSPS) is 11.5. The fourth-order valence-electron chi connectivity index (χ4n) is 3.11. The van der Waals surface area contributed by atoms with Crippen LogP contribution in [0, 0.1) is 13.8 Å². The molecular weight excluding hydrogens is 312 g/mol. The summed E-state index contributed by atoms with van der Waals surface area (Å²) >= 11 is 0. The van der Waals surface area contributed by atoms with Crippen LogP contribution in [0.25, 0.3) is 11.0 Å². The van der Waals surface area contributed by atoms with Crippen molar-refractivity contribution in [3.8, 4) is 0 Å². The number of benzene rings is 1. The van der Waals surface area contributed by atoms with Crippen molar-refractivity contribution in [2.24, 2.45) is 0 Å². The van der Waals surface area contributed by atoms with Gasteiger partial charge in [0.05, 0.1) is 12.2 Å². The summed E-state index contributed by atoms with van der Waals surface area (Å²) in [5, 5.41) is 1.21. The maximum Gasteiger partial charge on any atom is 0.134 e. The Morgan fingerprint density at radius 3 is 2.76 bits per heavy atom. The minimum absolute atomic E-state index is 0.761. The number of rotatable bonds is 8. The minimum atomic E-state index is 0.761. The van der Waals surface area contributed by atoms with Crippen LogP contribution in [0.1, 0.15) is 29.0 Å². The number of furan rings is 1. The molecule has 0 unspecified atom stereocenters. The van der Waals surface area contributed by atoms with Gasteiger partial charge in [0.2, 0.25) is 0 Å². The minimum Gasteiger partial charge on any atom is -0.459 e. The predicted molar refractivity (Wildman–Crippen MR) is 101 cm³/mol. The number of methoxy groups -OCH3 is 1. The Morgan fingerprint density at radius 1 is 1.12 bits per heavy atom. The van der Waals surface area contributed by atoms with Gasteiger partial charge in [-0.25, -0.2) is 0 Å². The van der Waals surface area contributed by atoms with Crippen LogP contribution in [-0.2, 0) is 17.8 Å². The summed E-state index contributed by atoms with van der Waals surface area (Å²) < 4.78 is 11.3. The van der Waals surface area contributed by atoms with E-state index in [0.29, 0.717) is 0 Å². The zero-order valence-electron chi connectivity index (χ0n) is 15.3. The van der Waals surface area contributed by atoms with Gasteiger partial charge in [0.15, 0.2) is 0 Å². The molecule has 2 aromatic heterocycles. The predicted octanol–water partition coefficient (Wildman–Crippen LogP) is 4.48. The lowest BCUT2D eigenvalue weighted by atomic mass is 10.1. The Kier molecular flexibility index (Phi) is 5.84. The third kappa shape index (κ3) is 4.47. The van der Waals surface area contributed by atoms with E-state index in [0.717, 1.165) is 49.7 Å². The van der Waals surface area contributed by atoms with Gasteiger partial charge >= 0.3 is 0 Å². The molecule has 0 spiro atoms. The number of nitrogens with zero attached hydrogens (tertiary/aromatic N) is 2. The molecule has 0 bridgehead atoms. The molecule has 4 nitrogen and oxygen atoms in total. The number of aromatic nitrogens is 1.